The summed E-state index contributed by atoms with van der Waals surface area (Å²) < 4.78 is 7.57. The number of para-hydroxylation sites is 2. The number of hydrogen-bond donors (Lipinski definition) is 1. The van der Waals surface area contributed by atoms with Gasteiger partial charge in [-0.2, -0.15) is 0 Å². The summed E-state index contributed by atoms with van der Waals surface area (Å²) >= 11 is 8.75. The summed E-state index contributed by atoms with van der Waals surface area (Å²) in [6.07, 6.45) is 0. The molecule has 108 valence electrons. The van der Waals surface area contributed by atoms with Crippen LogP contribution >= 0.6 is 43.2 Å². The van der Waals surface area contributed by atoms with Gasteiger partial charge in [-0.05, 0) is 50.1 Å². The molecule has 1 aromatic heterocycles. The van der Waals surface area contributed by atoms with Crippen LogP contribution in [0.2, 0.25) is 0 Å². The van der Waals surface area contributed by atoms with E-state index in [4.69, 9.17) is 10.5 Å². The van der Waals surface area contributed by atoms with E-state index >= 15 is 0 Å². The zero-order valence-electron chi connectivity index (χ0n) is 11.3. The van der Waals surface area contributed by atoms with Crippen molar-refractivity contribution in [1.82, 2.24) is 0 Å². The second-order valence-electron chi connectivity index (χ2n) is 4.30. The van der Waals surface area contributed by atoms with Crippen molar-refractivity contribution in [2.45, 2.75) is 6.04 Å². The van der Waals surface area contributed by atoms with Gasteiger partial charge in [0.2, 0.25) is 0 Å². The Morgan fingerprint density at radius 1 is 1.35 bits per heavy atom. The molecular weight excluding hydrogens is 404 g/mol. The number of rotatable bonds is 5. The van der Waals surface area contributed by atoms with Crippen molar-refractivity contribution in [3.05, 3.63) is 43.5 Å². The molecule has 0 aliphatic carbocycles. The second kappa shape index (κ2) is 6.93. The molecular formula is C14H16Br2N2OS. The first kappa shape index (κ1) is 15.8. The maximum absolute atomic E-state index is 5.99. The van der Waals surface area contributed by atoms with E-state index in [2.05, 4.69) is 42.8 Å². The SMILES string of the molecule is COc1ccccc1N(C)C(CN)c1cc(Br)c(Br)s1. The molecule has 0 radical (unpaired) electrons. The third-order valence-corrected chi connectivity index (χ3v) is 6.51. The van der Waals surface area contributed by atoms with Crippen LogP contribution in [0.4, 0.5) is 5.69 Å². The number of methoxy groups -OCH3 is 1. The van der Waals surface area contributed by atoms with Gasteiger partial charge in [-0.15, -0.1) is 11.3 Å². The molecule has 0 bridgehead atoms. The molecule has 6 heteroatoms. The maximum atomic E-state index is 5.99. The summed E-state index contributed by atoms with van der Waals surface area (Å²) in [5.74, 6) is 0.850. The van der Waals surface area contributed by atoms with Crippen LogP contribution in [0.25, 0.3) is 0 Å². The van der Waals surface area contributed by atoms with Gasteiger partial charge in [-0.1, -0.05) is 12.1 Å². The van der Waals surface area contributed by atoms with Gasteiger partial charge in [0.05, 0.1) is 22.6 Å². The highest BCUT2D eigenvalue weighted by molar-refractivity contribution is 9.13. The van der Waals surface area contributed by atoms with E-state index in [1.54, 1.807) is 18.4 Å². The highest BCUT2D eigenvalue weighted by atomic mass is 79.9. The van der Waals surface area contributed by atoms with Crippen LogP contribution in [-0.2, 0) is 0 Å². The van der Waals surface area contributed by atoms with Crippen molar-refractivity contribution in [3.8, 4) is 5.75 Å². The fourth-order valence-electron chi connectivity index (χ4n) is 2.08. The molecule has 0 spiro atoms. The summed E-state index contributed by atoms with van der Waals surface area (Å²) in [5, 5.41) is 0. The number of hydrogen-bond acceptors (Lipinski definition) is 4. The maximum Gasteiger partial charge on any atom is 0.142 e. The van der Waals surface area contributed by atoms with Gasteiger partial charge in [-0.25, -0.2) is 0 Å². The smallest absolute Gasteiger partial charge is 0.142 e. The summed E-state index contributed by atoms with van der Waals surface area (Å²) in [7, 11) is 3.72. The van der Waals surface area contributed by atoms with Crippen LogP contribution in [0.5, 0.6) is 5.75 Å². The quantitative estimate of drug-likeness (QED) is 0.779. The highest BCUT2D eigenvalue weighted by Gasteiger charge is 2.21. The van der Waals surface area contributed by atoms with Crippen LogP contribution < -0.4 is 15.4 Å². The molecule has 0 aliphatic rings. The van der Waals surface area contributed by atoms with Gasteiger partial charge >= 0.3 is 0 Å². The Morgan fingerprint density at radius 3 is 2.60 bits per heavy atom. The van der Waals surface area contributed by atoms with Gasteiger partial charge in [-0.3, -0.25) is 0 Å². The first-order chi connectivity index (χ1) is 9.58. The molecule has 1 atom stereocenters. The lowest BCUT2D eigenvalue weighted by atomic mass is 10.1. The van der Waals surface area contributed by atoms with E-state index in [0.717, 1.165) is 19.7 Å². The first-order valence-corrected chi connectivity index (χ1v) is 8.49. The lowest BCUT2D eigenvalue weighted by molar-refractivity contribution is 0.413. The Hall–Kier alpha value is -0.560. The fourth-order valence-corrected chi connectivity index (χ4v) is 4.33. The van der Waals surface area contributed by atoms with Crippen molar-refractivity contribution in [3.63, 3.8) is 0 Å². The Kier molecular flexibility index (Phi) is 5.49. The molecule has 3 nitrogen and oxygen atoms in total. The fraction of sp³-hybridized carbons (Fsp3) is 0.286. The van der Waals surface area contributed by atoms with Crippen LogP contribution in [-0.4, -0.2) is 20.7 Å². The normalized spacial score (nSPS) is 12.2. The van der Waals surface area contributed by atoms with E-state index in [-0.39, 0.29) is 6.04 Å². The Morgan fingerprint density at radius 2 is 2.05 bits per heavy atom. The van der Waals surface area contributed by atoms with E-state index in [1.807, 2.05) is 31.3 Å². The van der Waals surface area contributed by atoms with Crippen molar-refractivity contribution in [2.24, 2.45) is 5.73 Å². The number of likely N-dealkylation sites (N-methyl/N-ethyl adjacent to an activating group) is 1. The lowest BCUT2D eigenvalue weighted by Crippen LogP contribution is -2.30. The molecule has 0 aliphatic heterocycles. The second-order valence-corrected chi connectivity index (χ2v) is 7.56. The molecule has 20 heavy (non-hydrogen) atoms. The molecule has 0 saturated heterocycles. The van der Waals surface area contributed by atoms with Crippen molar-refractivity contribution in [2.75, 3.05) is 25.6 Å². The van der Waals surface area contributed by atoms with Crippen molar-refractivity contribution in [1.29, 1.82) is 0 Å². The molecule has 0 fully saturated rings. The topological polar surface area (TPSA) is 38.5 Å². The van der Waals surface area contributed by atoms with E-state index in [1.165, 1.54) is 4.88 Å². The minimum absolute atomic E-state index is 0.110. The van der Waals surface area contributed by atoms with Crippen molar-refractivity contribution < 1.29 is 4.74 Å². The Bertz CT molecular complexity index is 569. The summed E-state index contributed by atoms with van der Waals surface area (Å²) in [6, 6.07) is 10.2. The van der Waals surface area contributed by atoms with E-state index in [0.29, 0.717) is 6.54 Å². The Labute approximate surface area is 140 Å². The molecule has 2 aromatic rings. The largest absolute Gasteiger partial charge is 0.495 e. The molecule has 0 saturated carbocycles. The number of anilines is 1. The van der Waals surface area contributed by atoms with Gasteiger partial charge in [0.1, 0.15) is 5.75 Å². The lowest BCUT2D eigenvalue weighted by Gasteiger charge is -2.29. The first-order valence-electron chi connectivity index (χ1n) is 6.09. The number of halogens is 2. The number of nitrogens with two attached hydrogens (primary N) is 1. The van der Waals surface area contributed by atoms with Crippen LogP contribution in [0, 0.1) is 0 Å². The monoisotopic (exact) mass is 418 g/mol. The zero-order chi connectivity index (χ0) is 14.7. The number of ether oxygens (including phenoxy) is 1. The molecule has 1 unspecified atom stereocenters. The standard InChI is InChI=1S/C14H16Br2N2OS/c1-18(10-5-3-4-6-12(10)19-2)11(8-17)13-7-9(15)14(16)20-13/h3-7,11H,8,17H2,1-2H3. The number of benzene rings is 1. The van der Waals surface area contributed by atoms with Crippen LogP contribution in [0.15, 0.2) is 38.6 Å². The summed E-state index contributed by atoms with van der Waals surface area (Å²) in [6.45, 7) is 0.536. The molecule has 0 amide bonds. The molecule has 2 rings (SSSR count). The van der Waals surface area contributed by atoms with E-state index < -0.39 is 0 Å². The third-order valence-electron chi connectivity index (χ3n) is 3.15. The van der Waals surface area contributed by atoms with Gasteiger partial charge in [0.15, 0.2) is 0 Å². The predicted molar refractivity (Wildman–Crippen MR) is 92.9 cm³/mol. The van der Waals surface area contributed by atoms with Gasteiger partial charge in [0, 0.05) is 22.9 Å². The minimum atomic E-state index is 0.110. The molecule has 2 N–H and O–H groups in total. The predicted octanol–water partition coefficient (Wildman–Crippen LogP) is 4.42. The van der Waals surface area contributed by atoms with E-state index in [9.17, 15) is 0 Å². The summed E-state index contributed by atoms with van der Waals surface area (Å²) in [5.41, 5.74) is 7.02. The van der Waals surface area contributed by atoms with Crippen LogP contribution in [0.1, 0.15) is 10.9 Å². The third kappa shape index (κ3) is 3.19. The molecule has 1 aromatic carbocycles. The molecule has 1 heterocycles. The van der Waals surface area contributed by atoms with Gasteiger partial charge < -0.3 is 15.4 Å². The number of nitrogens with zero attached hydrogens (tertiary/aromatic N) is 1. The Balaban J connectivity index is 2.36. The average Bonchev–Trinajstić information content (AvgIpc) is 2.79. The number of thiophene rings is 1. The van der Waals surface area contributed by atoms with Crippen LogP contribution in [0.3, 0.4) is 0 Å². The zero-order valence-corrected chi connectivity index (χ0v) is 15.3. The summed E-state index contributed by atoms with van der Waals surface area (Å²) in [4.78, 5) is 3.36. The average molecular weight is 420 g/mol. The van der Waals surface area contributed by atoms with Gasteiger partial charge in [0.25, 0.3) is 0 Å². The highest BCUT2D eigenvalue weighted by Crippen LogP contribution is 2.39. The minimum Gasteiger partial charge on any atom is -0.495 e. The van der Waals surface area contributed by atoms with Crippen molar-refractivity contribution >= 4 is 48.9 Å².